The van der Waals surface area contributed by atoms with Crippen molar-refractivity contribution in [3.8, 4) is 10.6 Å². The van der Waals surface area contributed by atoms with E-state index in [1.165, 1.54) is 11.3 Å². The number of alkyl halides is 3. The molecule has 0 bridgehead atoms. The summed E-state index contributed by atoms with van der Waals surface area (Å²) in [6.45, 7) is 0.757. The first-order valence-corrected chi connectivity index (χ1v) is 11.2. The van der Waals surface area contributed by atoms with Gasteiger partial charge in [0.15, 0.2) is 5.69 Å². The molecular weight excluding hydrogens is 441 g/mol. The smallest absolute Gasteiger partial charge is 0.434 e. The third-order valence-electron chi connectivity index (χ3n) is 5.49. The Labute approximate surface area is 178 Å². The molecule has 3 heterocycles. The third kappa shape index (κ3) is 4.10. The summed E-state index contributed by atoms with van der Waals surface area (Å²) < 4.78 is 44.6. The number of hydrogen-bond acceptors (Lipinski definition) is 6. The molecule has 0 aromatic carbocycles. The number of hydrogen-bond donors (Lipinski definition) is 2. The summed E-state index contributed by atoms with van der Waals surface area (Å²) in [5.41, 5.74) is 0.364. The van der Waals surface area contributed by atoms with Crippen molar-refractivity contribution < 1.29 is 32.6 Å². The zero-order valence-electron chi connectivity index (χ0n) is 15.8. The Morgan fingerprint density at radius 3 is 2.63 bits per heavy atom. The molecule has 2 aliphatic rings. The highest BCUT2D eigenvalue weighted by Crippen LogP contribution is 2.46. The van der Waals surface area contributed by atoms with Gasteiger partial charge in [0.1, 0.15) is 10.0 Å². The number of fused-ring (bicyclic) bond motifs is 1. The monoisotopic (exact) mass is 460 g/mol. The van der Waals surface area contributed by atoms with Crippen molar-refractivity contribution in [2.45, 2.75) is 44.9 Å². The van der Waals surface area contributed by atoms with Crippen LogP contribution in [0.4, 0.5) is 18.2 Å². The molecule has 30 heavy (non-hydrogen) atoms. The lowest BCUT2D eigenvalue weighted by molar-refractivity contribution is -0.147. The van der Waals surface area contributed by atoms with Crippen molar-refractivity contribution in [3.63, 3.8) is 0 Å². The average molecular weight is 460 g/mol. The molecule has 2 atom stereocenters. The maximum atomic E-state index is 13.1. The standard InChI is InChI=1S/C19H19F3N2O4S2/c20-19(21,22)13-8-29-16(23-13)14-11-5-6-28-7-12(11)30-17(14)24-15(25)9-3-1-2-4-10(9)18(26)27/h8-10H,1-7H2,(H,24,25)(H,26,27)/t9-,10+/m1/s1. The Morgan fingerprint density at radius 2 is 1.97 bits per heavy atom. The second-order valence-electron chi connectivity index (χ2n) is 7.37. The van der Waals surface area contributed by atoms with Gasteiger partial charge in [-0.15, -0.1) is 22.7 Å². The lowest BCUT2D eigenvalue weighted by Crippen LogP contribution is -2.35. The molecule has 11 heteroatoms. The summed E-state index contributed by atoms with van der Waals surface area (Å²) in [4.78, 5) is 29.1. The third-order valence-corrected chi connectivity index (χ3v) is 7.47. The second kappa shape index (κ2) is 8.27. The number of carbonyl (C=O) groups excluding carboxylic acids is 1. The molecule has 6 nitrogen and oxygen atoms in total. The normalized spacial score (nSPS) is 21.8. The topological polar surface area (TPSA) is 88.5 Å². The summed E-state index contributed by atoms with van der Waals surface area (Å²) in [5, 5.41) is 13.8. The van der Waals surface area contributed by atoms with Gasteiger partial charge in [-0.05, 0) is 24.8 Å². The van der Waals surface area contributed by atoms with Crippen LogP contribution in [-0.2, 0) is 33.5 Å². The van der Waals surface area contributed by atoms with Crippen LogP contribution < -0.4 is 5.32 Å². The number of thiophene rings is 1. The number of anilines is 1. The Hall–Kier alpha value is -1.98. The molecule has 2 aromatic rings. The van der Waals surface area contributed by atoms with Crippen LogP contribution in [0.25, 0.3) is 10.6 Å². The lowest BCUT2D eigenvalue weighted by Gasteiger charge is -2.27. The fraction of sp³-hybridized carbons (Fsp3) is 0.526. The van der Waals surface area contributed by atoms with Crippen LogP contribution in [0.1, 0.15) is 41.8 Å². The number of carboxylic acid groups (broad SMARTS) is 1. The van der Waals surface area contributed by atoms with E-state index >= 15 is 0 Å². The number of carbonyl (C=O) groups is 2. The zero-order valence-corrected chi connectivity index (χ0v) is 17.4. The van der Waals surface area contributed by atoms with Crippen molar-refractivity contribution in [2.24, 2.45) is 11.8 Å². The van der Waals surface area contributed by atoms with Gasteiger partial charge < -0.3 is 15.2 Å². The minimum Gasteiger partial charge on any atom is -0.481 e. The maximum absolute atomic E-state index is 13.1. The van der Waals surface area contributed by atoms with Gasteiger partial charge in [0, 0.05) is 15.8 Å². The van der Waals surface area contributed by atoms with Crippen molar-refractivity contribution >= 4 is 39.6 Å². The fourth-order valence-electron chi connectivity index (χ4n) is 4.01. The maximum Gasteiger partial charge on any atom is 0.434 e. The number of ether oxygens (including phenoxy) is 1. The number of amides is 1. The minimum atomic E-state index is -4.55. The van der Waals surface area contributed by atoms with Crippen LogP contribution in [0.2, 0.25) is 0 Å². The highest BCUT2D eigenvalue weighted by molar-refractivity contribution is 7.18. The SMILES string of the molecule is O=C(O)[C@H]1CCCC[C@H]1C(=O)Nc1sc2c(c1-c1nc(C(F)(F)F)cs1)CCOC2. The molecule has 0 unspecified atom stereocenters. The number of aromatic nitrogens is 1. The van der Waals surface area contributed by atoms with Crippen molar-refractivity contribution in [3.05, 3.63) is 21.5 Å². The first kappa shape index (κ1) is 21.3. The first-order chi connectivity index (χ1) is 14.3. The molecule has 0 spiro atoms. The zero-order chi connectivity index (χ0) is 21.5. The molecule has 1 aliphatic heterocycles. The molecule has 2 N–H and O–H groups in total. The highest BCUT2D eigenvalue weighted by Gasteiger charge is 2.38. The predicted molar refractivity (Wildman–Crippen MR) is 106 cm³/mol. The quantitative estimate of drug-likeness (QED) is 0.685. The van der Waals surface area contributed by atoms with E-state index in [2.05, 4.69) is 10.3 Å². The van der Waals surface area contributed by atoms with E-state index in [1.54, 1.807) is 0 Å². The Bertz CT molecular complexity index is 970. The van der Waals surface area contributed by atoms with Crippen LogP contribution in [0.3, 0.4) is 0 Å². The summed E-state index contributed by atoms with van der Waals surface area (Å²) >= 11 is 2.14. The van der Waals surface area contributed by atoms with E-state index in [0.717, 1.165) is 40.0 Å². The van der Waals surface area contributed by atoms with E-state index in [-0.39, 0.29) is 5.01 Å². The van der Waals surface area contributed by atoms with E-state index in [9.17, 15) is 27.9 Å². The molecule has 1 saturated carbocycles. The van der Waals surface area contributed by atoms with Gasteiger partial charge in [0.25, 0.3) is 0 Å². The number of nitrogens with one attached hydrogen (secondary N) is 1. The second-order valence-corrected chi connectivity index (χ2v) is 9.33. The van der Waals surface area contributed by atoms with Crippen molar-refractivity contribution in [1.82, 2.24) is 4.98 Å². The van der Waals surface area contributed by atoms with Crippen LogP contribution in [0.15, 0.2) is 5.38 Å². The van der Waals surface area contributed by atoms with Crippen molar-refractivity contribution in [1.29, 1.82) is 0 Å². The minimum absolute atomic E-state index is 0.190. The predicted octanol–water partition coefficient (Wildman–Crippen LogP) is 4.79. The summed E-state index contributed by atoms with van der Waals surface area (Å²) in [6, 6.07) is 0. The number of thiazole rings is 1. The summed E-state index contributed by atoms with van der Waals surface area (Å²) in [6.07, 6.45) is -1.59. The van der Waals surface area contributed by atoms with Gasteiger partial charge in [0.2, 0.25) is 5.91 Å². The van der Waals surface area contributed by atoms with Gasteiger partial charge in [0.05, 0.1) is 25.0 Å². The Balaban J connectivity index is 1.68. The van der Waals surface area contributed by atoms with Gasteiger partial charge in [-0.1, -0.05) is 12.8 Å². The van der Waals surface area contributed by atoms with Gasteiger partial charge >= 0.3 is 12.1 Å². The molecule has 162 valence electrons. The summed E-state index contributed by atoms with van der Waals surface area (Å²) in [7, 11) is 0. The molecule has 2 aromatic heterocycles. The Morgan fingerprint density at radius 1 is 1.23 bits per heavy atom. The molecule has 1 amide bonds. The Kier molecular flexibility index (Phi) is 5.86. The molecule has 1 aliphatic carbocycles. The molecule has 1 fully saturated rings. The lowest BCUT2D eigenvalue weighted by atomic mass is 9.79. The van der Waals surface area contributed by atoms with E-state index in [1.807, 2.05) is 0 Å². The van der Waals surface area contributed by atoms with E-state index in [4.69, 9.17) is 4.74 Å². The number of halogens is 3. The number of rotatable bonds is 4. The van der Waals surface area contributed by atoms with Crippen LogP contribution in [-0.4, -0.2) is 28.6 Å². The number of nitrogens with zero attached hydrogens (tertiary/aromatic N) is 1. The molecular formula is C19H19F3N2O4S2. The van der Waals surface area contributed by atoms with E-state index < -0.39 is 35.6 Å². The fourth-order valence-corrected chi connectivity index (χ4v) is 6.17. The molecule has 4 rings (SSSR count). The van der Waals surface area contributed by atoms with E-state index in [0.29, 0.717) is 43.0 Å². The molecule has 0 radical (unpaired) electrons. The van der Waals surface area contributed by atoms with Crippen LogP contribution in [0.5, 0.6) is 0 Å². The van der Waals surface area contributed by atoms with Gasteiger partial charge in [-0.2, -0.15) is 13.2 Å². The van der Waals surface area contributed by atoms with Crippen LogP contribution >= 0.6 is 22.7 Å². The van der Waals surface area contributed by atoms with Gasteiger partial charge in [-0.25, -0.2) is 4.98 Å². The molecule has 0 saturated heterocycles. The number of aliphatic carboxylic acids is 1. The first-order valence-electron chi connectivity index (χ1n) is 9.54. The van der Waals surface area contributed by atoms with Gasteiger partial charge in [-0.3, -0.25) is 9.59 Å². The summed E-state index contributed by atoms with van der Waals surface area (Å²) in [5.74, 6) is -2.82. The average Bonchev–Trinajstić information content (AvgIpc) is 3.32. The largest absolute Gasteiger partial charge is 0.481 e. The van der Waals surface area contributed by atoms with Crippen LogP contribution in [0, 0.1) is 11.8 Å². The van der Waals surface area contributed by atoms with Crippen molar-refractivity contribution in [2.75, 3.05) is 11.9 Å². The highest BCUT2D eigenvalue weighted by atomic mass is 32.1. The number of carboxylic acids is 1.